The number of halogens is 3. The molecule has 0 radical (unpaired) electrons. The van der Waals surface area contributed by atoms with Gasteiger partial charge in [-0.1, -0.05) is 0 Å². The maximum absolute atomic E-state index is 12.4. The van der Waals surface area contributed by atoms with Crippen LogP contribution in [0.15, 0.2) is 31.0 Å². The topological polar surface area (TPSA) is 56.7 Å². The minimum atomic E-state index is -4.22. The second-order valence-electron chi connectivity index (χ2n) is 4.32. The number of aromatic nitrogens is 3. The van der Waals surface area contributed by atoms with E-state index < -0.39 is 18.6 Å². The van der Waals surface area contributed by atoms with Crippen LogP contribution >= 0.6 is 0 Å². The van der Waals surface area contributed by atoms with E-state index in [9.17, 15) is 13.2 Å². The summed E-state index contributed by atoms with van der Waals surface area (Å²) < 4.78 is 38.8. The molecule has 19 heavy (non-hydrogen) atoms. The predicted molar refractivity (Wildman–Crippen MR) is 65.3 cm³/mol. The number of hydrogen-bond donors (Lipinski definition) is 1. The summed E-state index contributed by atoms with van der Waals surface area (Å²) in [6.07, 6.45) is 0.762. The minimum absolute atomic E-state index is 0.455. The van der Waals surface area contributed by atoms with E-state index >= 15 is 0 Å². The first kappa shape index (κ1) is 13.4. The zero-order chi connectivity index (χ0) is 14.0. The second-order valence-corrected chi connectivity index (χ2v) is 4.32. The van der Waals surface area contributed by atoms with Gasteiger partial charge in [-0.3, -0.25) is 4.98 Å². The van der Waals surface area contributed by atoms with Crippen LogP contribution < -0.4 is 5.73 Å². The molecule has 0 aromatic carbocycles. The van der Waals surface area contributed by atoms with Crippen LogP contribution in [0.3, 0.4) is 0 Å². The molecule has 0 saturated heterocycles. The normalized spacial score (nSPS) is 13.5. The van der Waals surface area contributed by atoms with E-state index in [2.05, 4.69) is 9.97 Å². The van der Waals surface area contributed by atoms with Crippen LogP contribution in [0.5, 0.6) is 0 Å². The van der Waals surface area contributed by atoms with E-state index in [4.69, 9.17) is 5.73 Å². The Hall–Kier alpha value is -2.05. The molecule has 102 valence electrons. The van der Waals surface area contributed by atoms with Gasteiger partial charge in [-0.25, -0.2) is 4.98 Å². The van der Waals surface area contributed by atoms with Crippen molar-refractivity contribution in [1.29, 1.82) is 0 Å². The Balaban J connectivity index is 2.35. The van der Waals surface area contributed by atoms with Crippen molar-refractivity contribution in [3.05, 3.63) is 31.0 Å². The summed E-state index contributed by atoms with van der Waals surface area (Å²) in [6, 6.07) is 0.846. The zero-order valence-corrected chi connectivity index (χ0v) is 10.2. The average Bonchev–Trinajstić information content (AvgIpc) is 2.76. The van der Waals surface area contributed by atoms with Gasteiger partial charge in [-0.2, -0.15) is 13.2 Å². The Bertz CT molecular complexity index is 562. The first-order valence-electron chi connectivity index (χ1n) is 5.67. The van der Waals surface area contributed by atoms with Crippen LogP contribution in [0, 0.1) is 0 Å². The molecule has 2 rings (SSSR count). The van der Waals surface area contributed by atoms with Gasteiger partial charge in [0, 0.05) is 29.7 Å². The molecule has 0 spiro atoms. The van der Waals surface area contributed by atoms with Gasteiger partial charge in [0.25, 0.3) is 0 Å². The van der Waals surface area contributed by atoms with Crippen LogP contribution in [-0.2, 0) is 0 Å². The third-order valence-corrected chi connectivity index (χ3v) is 2.80. The quantitative estimate of drug-likeness (QED) is 0.932. The number of alkyl halides is 3. The average molecular weight is 270 g/mol. The van der Waals surface area contributed by atoms with Crippen LogP contribution in [0.2, 0.25) is 0 Å². The third-order valence-electron chi connectivity index (χ3n) is 2.80. The molecule has 2 aromatic rings. The molecule has 0 aliphatic rings. The van der Waals surface area contributed by atoms with Gasteiger partial charge >= 0.3 is 6.18 Å². The number of nitrogens with zero attached hydrogens (tertiary/aromatic N) is 3. The first-order valence-corrected chi connectivity index (χ1v) is 5.67. The minimum Gasteiger partial charge on any atom is -0.398 e. The largest absolute Gasteiger partial charge is 0.398 e. The molecule has 0 aliphatic carbocycles. The van der Waals surface area contributed by atoms with Gasteiger partial charge in [0.2, 0.25) is 0 Å². The van der Waals surface area contributed by atoms with Gasteiger partial charge in [-0.15, -0.1) is 0 Å². The molecule has 0 saturated carbocycles. The third kappa shape index (κ3) is 3.04. The monoisotopic (exact) mass is 270 g/mol. The number of nitrogen functional groups attached to an aromatic ring is 1. The summed E-state index contributed by atoms with van der Waals surface area (Å²) in [5, 5.41) is 0. The fraction of sp³-hybridized carbons (Fsp3) is 0.333. The molecular formula is C12H13F3N4. The van der Waals surface area contributed by atoms with Crippen molar-refractivity contribution in [2.24, 2.45) is 0 Å². The standard InChI is InChI=1S/C12H13F3N4/c1-8(4-12(13,14)15)19-7-18-6-11(19)9-5-17-3-2-10(9)16/h2-3,5-8H,4H2,1H3,(H2,16,17). The molecule has 1 unspecified atom stereocenters. The highest BCUT2D eigenvalue weighted by Crippen LogP contribution is 2.32. The Morgan fingerprint density at radius 2 is 2.05 bits per heavy atom. The molecule has 0 amide bonds. The molecule has 0 aliphatic heterocycles. The van der Waals surface area contributed by atoms with Crippen molar-refractivity contribution in [1.82, 2.24) is 14.5 Å². The van der Waals surface area contributed by atoms with E-state index in [0.29, 0.717) is 16.9 Å². The zero-order valence-electron chi connectivity index (χ0n) is 10.2. The second kappa shape index (κ2) is 4.91. The fourth-order valence-electron chi connectivity index (χ4n) is 1.92. The van der Waals surface area contributed by atoms with Crippen LogP contribution in [0.4, 0.5) is 18.9 Å². The number of nitrogens with two attached hydrogens (primary N) is 1. The number of imidazole rings is 1. The lowest BCUT2D eigenvalue weighted by Crippen LogP contribution is -2.16. The van der Waals surface area contributed by atoms with E-state index in [1.165, 1.54) is 36.4 Å². The summed E-state index contributed by atoms with van der Waals surface area (Å²) in [4.78, 5) is 7.84. The number of hydrogen-bond acceptors (Lipinski definition) is 3. The fourth-order valence-corrected chi connectivity index (χ4v) is 1.92. The van der Waals surface area contributed by atoms with Crippen molar-refractivity contribution >= 4 is 5.69 Å². The molecule has 4 nitrogen and oxygen atoms in total. The van der Waals surface area contributed by atoms with E-state index in [1.54, 1.807) is 6.07 Å². The van der Waals surface area contributed by atoms with Crippen molar-refractivity contribution in [2.45, 2.75) is 25.6 Å². The highest BCUT2D eigenvalue weighted by Gasteiger charge is 2.31. The number of pyridine rings is 1. The van der Waals surface area contributed by atoms with Crippen LogP contribution in [0.1, 0.15) is 19.4 Å². The van der Waals surface area contributed by atoms with Crippen molar-refractivity contribution < 1.29 is 13.2 Å². The summed E-state index contributed by atoms with van der Waals surface area (Å²) in [6.45, 7) is 1.49. The van der Waals surface area contributed by atoms with Gasteiger partial charge in [0.15, 0.2) is 0 Å². The highest BCUT2D eigenvalue weighted by atomic mass is 19.4. The van der Waals surface area contributed by atoms with E-state index in [0.717, 1.165) is 0 Å². The summed E-state index contributed by atoms with van der Waals surface area (Å²) in [5.74, 6) is 0. The Labute approximate surface area is 108 Å². The summed E-state index contributed by atoms with van der Waals surface area (Å²) in [5.41, 5.74) is 7.37. The number of anilines is 1. The molecular weight excluding hydrogens is 257 g/mol. The molecule has 2 aromatic heterocycles. The molecule has 2 N–H and O–H groups in total. The van der Waals surface area contributed by atoms with Crippen molar-refractivity contribution in [2.75, 3.05) is 5.73 Å². The van der Waals surface area contributed by atoms with E-state index in [-0.39, 0.29) is 0 Å². The first-order chi connectivity index (χ1) is 8.88. The van der Waals surface area contributed by atoms with Crippen LogP contribution in [0.25, 0.3) is 11.3 Å². The molecule has 0 fully saturated rings. The van der Waals surface area contributed by atoms with Crippen molar-refractivity contribution in [3.8, 4) is 11.3 Å². The lowest BCUT2D eigenvalue weighted by Gasteiger charge is -2.18. The van der Waals surface area contributed by atoms with Crippen LogP contribution in [-0.4, -0.2) is 20.7 Å². The van der Waals surface area contributed by atoms with Gasteiger partial charge in [-0.05, 0) is 13.0 Å². The maximum atomic E-state index is 12.4. The molecule has 0 bridgehead atoms. The SMILES string of the molecule is CC(CC(F)(F)F)n1cncc1-c1cnccc1N. The van der Waals surface area contributed by atoms with Gasteiger partial charge < -0.3 is 10.3 Å². The van der Waals surface area contributed by atoms with E-state index in [1.807, 2.05) is 0 Å². The van der Waals surface area contributed by atoms with Gasteiger partial charge in [0.1, 0.15) is 0 Å². The Morgan fingerprint density at radius 3 is 2.68 bits per heavy atom. The maximum Gasteiger partial charge on any atom is 0.391 e. The summed E-state index contributed by atoms with van der Waals surface area (Å²) in [7, 11) is 0. The highest BCUT2D eigenvalue weighted by molar-refractivity contribution is 5.72. The Morgan fingerprint density at radius 1 is 1.32 bits per heavy atom. The smallest absolute Gasteiger partial charge is 0.391 e. The molecule has 7 heteroatoms. The predicted octanol–water partition coefficient (Wildman–Crippen LogP) is 3.04. The lowest BCUT2D eigenvalue weighted by molar-refractivity contribution is -0.141. The lowest BCUT2D eigenvalue weighted by atomic mass is 10.1. The van der Waals surface area contributed by atoms with Crippen molar-refractivity contribution in [3.63, 3.8) is 0 Å². The summed E-state index contributed by atoms with van der Waals surface area (Å²) >= 11 is 0. The Kier molecular flexibility index (Phi) is 3.46. The molecule has 1 atom stereocenters. The number of rotatable bonds is 3. The van der Waals surface area contributed by atoms with Gasteiger partial charge in [0.05, 0.1) is 24.6 Å². The molecule has 2 heterocycles.